The van der Waals surface area contributed by atoms with Crippen LogP contribution in [0.25, 0.3) is 0 Å². The van der Waals surface area contributed by atoms with Crippen LogP contribution in [0, 0.1) is 5.95 Å². The highest BCUT2D eigenvalue weighted by atomic mass is 19.1. The Kier molecular flexibility index (Phi) is 3.97. The quantitative estimate of drug-likeness (QED) is 0.813. The van der Waals surface area contributed by atoms with E-state index in [0.717, 1.165) is 32.8 Å². The van der Waals surface area contributed by atoms with E-state index in [-0.39, 0.29) is 6.10 Å². The van der Waals surface area contributed by atoms with Crippen molar-refractivity contribution in [1.82, 2.24) is 9.88 Å². The molecule has 2 atom stereocenters. The highest BCUT2D eigenvalue weighted by molar-refractivity contribution is 5.40. The summed E-state index contributed by atoms with van der Waals surface area (Å²) in [6.45, 7) is 4.20. The van der Waals surface area contributed by atoms with Gasteiger partial charge in [0.15, 0.2) is 0 Å². The molecule has 4 rings (SSSR count). The number of halogens is 1. The summed E-state index contributed by atoms with van der Waals surface area (Å²) in [7, 11) is 0. The third-order valence-corrected chi connectivity index (χ3v) is 4.67. The molecule has 0 N–H and O–H groups in total. The number of benzene rings is 1. The summed E-state index contributed by atoms with van der Waals surface area (Å²) in [6, 6.07) is 15.8. The molecule has 3 heterocycles. The van der Waals surface area contributed by atoms with Gasteiger partial charge in [-0.3, -0.25) is 4.90 Å². The minimum absolute atomic E-state index is 0.164. The lowest BCUT2D eigenvalue weighted by atomic mass is 10.1. The Hall–Kier alpha value is -1.98. The van der Waals surface area contributed by atoms with Crippen LogP contribution in [0.15, 0.2) is 48.5 Å². The Morgan fingerprint density at radius 2 is 1.96 bits per heavy atom. The highest BCUT2D eigenvalue weighted by Crippen LogP contribution is 2.27. The van der Waals surface area contributed by atoms with Gasteiger partial charge in [-0.15, -0.1) is 0 Å². The fraction of sp³-hybridized carbons (Fsp3) is 0.389. The maximum absolute atomic E-state index is 13.4. The molecule has 23 heavy (non-hydrogen) atoms. The van der Waals surface area contributed by atoms with Crippen LogP contribution < -0.4 is 4.90 Å². The molecule has 4 nitrogen and oxygen atoms in total. The van der Waals surface area contributed by atoms with Gasteiger partial charge in [-0.2, -0.15) is 4.39 Å². The van der Waals surface area contributed by atoms with Crippen LogP contribution in [0.5, 0.6) is 0 Å². The van der Waals surface area contributed by atoms with Crippen LogP contribution in [0.1, 0.15) is 5.56 Å². The molecule has 2 aliphatic rings. The Morgan fingerprint density at radius 3 is 2.78 bits per heavy atom. The summed E-state index contributed by atoms with van der Waals surface area (Å²) >= 11 is 0. The van der Waals surface area contributed by atoms with Crippen molar-refractivity contribution in [2.45, 2.75) is 18.7 Å². The van der Waals surface area contributed by atoms with Gasteiger partial charge in [-0.1, -0.05) is 36.4 Å². The average Bonchev–Trinajstić information content (AvgIpc) is 3.01. The molecule has 0 saturated carbocycles. The van der Waals surface area contributed by atoms with Crippen molar-refractivity contribution in [3.05, 3.63) is 60.0 Å². The first-order valence-corrected chi connectivity index (χ1v) is 8.07. The van der Waals surface area contributed by atoms with E-state index in [1.165, 1.54) is 11.6 Å². The molecule has 0 bridgehead atoms. The lowest BCUT2D eigenvalue weighted by Gasteiger charge is -2.36. The first kappa shape index (κ1) is 14.6. The van der Waals surface area contributed by atoms with E-state index in [2.05, 4.69) is 39.0 Å². The molecule has 2 saturated heterocycles. The Balaban J connectivity index is 1.50. The SMILES string of the molecule is Fc1cccc(N2CC3OCCN(Cc4ccccc4)C3C2)n1. The summed E-state index contributed by atoms with van der Waals surface area (Å²) in [5, 5.41) is 0. The van der Waals surface area contributed by atoms with E-state index < -0.39 is 5.95 Å². The number of morpholine rings is 1. The third kappa shape index (κ3) is 3.07. The molecule has 0 radical (unpaired) electrons. The number of hydrogen-bond acceptors (Lipinski definition) is 4. The first-order valence-electron chi connectivity index (χ1n) is 8.07. The molecule has 2 unspecified atom stereocenters. The lowest BCUT2D eigenvalue weighted by Crippen LogP contribution is -2.50. The normalized spacial score (nSPS) is 24.7. The zero-order valence-electron chi connectivity index (χ0n) is 12.9. The molecule has 0 amide bonds. The Bertz CT molecular complexity index is 666. The standard InChI is InChI=1S/C18H20FN3O/c19-17-7-4-8-18(20-17)22-12-15-16(13-22)23-10-9-21(15)11-14-5-2-1-3-6-14/h1-8,15-16H,9-13H2. The van der Waals surface area contributed by atoms with Gasteiger partial charge in [0.05, 0.1) is 18.8 Å². The zero-order valence-corrected chi connectivity index (χ0v) is 12.9. The maximum atomic E-state index is 13.4. The van der Waals surface area contributed by atoms with Crippen molar-refractivity contribution in [3.63, 3.8) is 0 Å². The Labute approximate surface area is 135 Å². The van der Waals surface area contributed by atoms with Crippen LogP contribution in [-0.4, -0.2) is 48.3 Å². The van der Waals surface area contributed by atoms with Crippen molar-refractivity contribution >= 4 is 5.82 Å². The fourth-order valence-electron chi connectivity index (χ4n) is 3.53. The van der Waals surface area contributed by atoms with Crippen molar-refractivity contribution in [1.29, 1.82) is 0 Å². The van der Waals surface area contributed by atoms with E-state index in [0.29, 0.717) is 11.9 Å². The molecular formula is C18H20FN3O. The predicted octanol–water partition coefficient (Wildman–Crippen LogP) is 2.31. The van der Waals surface area contributed by atoms with Gasteiger partial charge in [0, 0.05) is 26.2 Å². The topological polar surface area (TPSA) is 28.6 Å². The molecule has 0 aliphatic carbocycles. The van der Waals surface area contributed by atoms with E-state index in [9.17, 15) is 4.39 Å². The number of rotatable bonds is 3. The molecule has 2 aromatic rings. The van der Waals surface area contributed by atoms with Crippen molar-refractivity contribution < 1.29 is 9.13 Å². The summed E-state index contributed by atoms with van der Waals surface area (Å²) in [6.07, 6.45) is 0.164. The summed E-state index contributed by atoms with van der Waals surface area (Å²) in [4.78, 5) is 8.61. The largest absolute Gasteiger partial charge is 0.373 e. The summed E-state index contributed by atoms with van der Waals surface area (Å²) in [5.41, 5.74) is 1.32. The van der Waals surface area contributed by atoms with Gasteiger partial charge in [0.1, 0.15) is 5.82 Å². The lowest BCUT2D eigenvalue weighted by molar-refractivity contribution is -0.0499. The van der Waals surface area contributed by atoms with Crippen LogP contribution in [0.2, 0.25) is 0 Å². The average molecular weight is 313 g/mol. The van der Waals surface area contributed by atoms with Crippen molar-refractivity contribution in [3.8, 4) is 0 Å². The molecular weight excluding hydrogens is 293 g/mol. The third-order valence-electron chi connectivity index (χ3n) is 4.67. The highest BCUT2D eigenvalue weighted by Gasteiger charge is 2.40. The van der Waals surface area contributed by atoms with E-state index >= 15 is 0 Å². The van der Waals surface area contributed by atoms with Gasteiger partial charge in [0.2, 0.25) is 5.95 Å². The summed E-state index contributed by atoms with van der Waals surface area (Å²) in [5.74, 6) is 0.266. The second kappa shape index (κ2) is 6.26. The van der Waals surface area contributed by atoms with E-state index in [1.54, 1.807) is 6.07 Å². The molecule has 1 aromatic heterocycles. The Morgan fingerprint density at radius 1 is 1.09 bits per heavy atom. The van der Waals surface area contributed by atoms with Gasteiger partial charge in [0.25, 0.3) is 0 Å². The van der Waals surface area contributed by atoms with Gasteiger partial charge in [-0.05, 0) is 17.7 Å². The first-order chi connectivity index (χ1) is 11.3. The number of hydrogen-bond donors (Lipinski definition) is 0. The number of anilines is 1. The maximum Gasteiger partial charge on any atom is 0.214 e. The second-order valence-corrected chi connectivity index (χ2v) is 6.16. The number of fused-ring (bicyclic) bond motifs is 1. The minimum atomic E-state index is -0.431. The number of aromatic nitrogens is 1. The second-order valence-electron chi connectivity index (χ2n) is 6.16. The van der Waals surface area contributed by atoms with Crippen LogP contribution >= 0.6 is 0 Å². The molecule has 2 aliphatic heterocycles. The van der Waals surface area contributed by atoms with Gasteiger partial charge in [-0.25, -0.2) is 4.98 Å². The van der Waals surface area contributed by atoms with Gasteiger partial charge < -0.3 is 9.64 Å². The molecule has 120 valence electrons. The minimum Gasteiger partial charge on any atom is -0.373 e. The number of nitrogens with zero attached hydrogens (tertiary/aromatic N) is 3. The van der Waals surface area contributed by atoms with Gasteiger partial charge >= 0.3 is 0 Å². The molecule has 0 spiro atoms. The van der Waals surface area contributed by atoms with E-state index in [1.807, 2.05) is 12.1 Å². The molecule has 1 aromatic carbocycles. The van der Waals surface area contributed by atoms with Crippen molar-refractivity contribution in [2.75, 3.05) is 31.1 Å². The number of ether oxygens (including phenoxy) is 1. The monoisotopic (exact) mass is 313 g/mol. The van der Waals surface area contributed by atoms with Crippen LogP contribution in [0.3, 0.4) is 0 Å². The predicted molar refractivity (Wildman–Crippen MR) is 86.8 cm³/mol. The molecule has 2 fully saturated rings. The number of pyridine rings is 1. The van der Waals surface area contributed by atoms with Crippen LogP contribution in [0.4, 0.5) is 10.2 Å². The smallest absolute Gasteiger partial charge is 0.214 e. The van der Waals surface area contributed by atoms with Crippen molar-refractivity contribution in [2.24, 2.45) is 0 Å². The van der Waals surface area contributed by atoms with Crippen LogP contribution in [-0.2, 0) is 11.3 Å². The molecule has 5 heteroatoms. The summed E-state index contributed by atoms with van der Waals surface area (Å²) < 4.78 is 19.3. The van der Waals surface area contributed by atoms with E-state index in [4.69, 9.17) is 4.74 Å². The fourth-order valence-corrected chi connectivity index (χ4v) is 3.53. The zero-order chi connectivity index (χ0) is 15.6.